The molecule has 5 nitrogen and oxygen atoms in total. The highest BCUT2D eigenvalue weighted by Gasteiger charge is 2.09. The molecule has 88 valence electrons. The lowest BCUT2D eigenvalue weighted by molar-refractivity contribution is -0.133. The van der Waals surface area contributed by atoms with Gasteiger partial charge in [-0.15, -0.1) is 0 Å². The SMILES string of the molecule is COC(=O)C#Cc1ccc(N)c(C(=O)OC)c1. The van der Waals surface area contributed by atoms with Crippen molar-refractivity contribution in [3.63, 3.8) is 0 Å². The van der Waals surface area contributed by atoms with Gasteiger partial charge in [-0.3, -0.25) is 0 Å². The summed E-state index contributed by atoms with van der Waals surface area (Å²) in [4.78, 5) is 22.2. The lowest BCUT2D eigenvalue weighted by atomic mass is 10.1. The molecule has 1 aromatic rings. The summed E-state index contributed by atoms with van der Waals surface area (Å²) in [6.07, 6.45) is 0. The summed E-state index contributed by atoms with van der Waals surface area (Å²) in [7, 11) is 2.49. The van der Waals surface area contributed by atoms with Crippen molar-refractivity contribution >= 4 is 17.6 Å². The molecule has 17 heavy (non-hydrogen) atoms. The van der Waals surface area contributed by atoms with Crippen LogP contribution in [0.1, 0.15) is 15.9 Å². The first-order valence-corrected chi connectivity index (χ1v) is 4.66. The molecule has 0 aliphatic heterocycles. The van der Waals surface area contributed by atoms with E-state index in [0.717, 1.165) is 0 Å². The van der Waals surface area contributed by atoms with Gasteiger partial charge in [0.2, 0.25) is 0 Å². The number of methoxy groups -OCH3 is 2. The van der Waals surface area contributed by atoms with Crippen LogP contribution in [0, 0.1) is 11.8 Å². The molecule has 2 N–H and O–H groups in total. The molecule has 0 spiro atoms. The van der Waals surface area contributed by atoms with Crippen molar-refractivity contribution in [2.75, 3.05) is 20.0 Å². The second-order valence-electron chi connectivity index (χ2n) is 3.04. The van der Waals surface area contributed by atoms with Gasteiger partial charge in [0.15, 0.2) is 0 Å². The average Bonchev–Trinajstić information content (AvgIpc) is 2.36. The Morgan fingerprint density at radius 3 is 2.53 bits per heavy atom. The van der Waals surface area contributed by atoms with Crippen molar-refractivity contribution < 1.29 is 19.1 Å². The molecule has 0 unspecified atom stereocenters. The molecule has 0 fully saturated rings. The fourth-order valence-corrected chi connectivity index (χ4v) is 1.10. The van der Waals surface area contributed by atoms with Gasteiger partial charge in [-0.25, -0.2) is 9.59 Å². The molecule has 5 heteroatoms. The number of hydrogen-bond donors (Lipinski definition) is 1. The Kier molecular flexibility index (Phi) is 4.12. The maximum absolute atomic E-state index is 11.3. The van der Waals surface area contributed by atoms with E-state index in [1.54, 1.807) is 6.07 Å². The van der Waals surface area contributed by atoms with E-state index in [4.69, 9.17) is 5.73 Å². The number of nitrogens with two attached hydrogens (primary N) is 1. The standard InChI is InChI=1S/C12H11NO4/c1-16-11(14)6-4-8-3-5-10(13)9(7-8)12(15)17-2/h3,5,7H,13H2,1-2H3. The molecule has 0 heterocycles. The number of carbonyl (C=O) groups excluding carboxylic acids is 2. The molecule has 0 aromatic heterocycles. The third-order valence-electron chi connectivity index (χ3n) is 1.95. The molecule has 0 amide bonds. The number of esters is 2. The number of nitrogen functional groups attached to an aromatic ring is 1. The fraction of sp³-hybridized carbons (Fsp3) is 0.167. The first-order valence-electron chi connectivity index (χ1n) is 4.66. The molecule has 1 rings (SSSR count). The molecule has 0 radical (unpaired) electrons. The fourth-order valence-electron chi connectivity index (χ4n) is 1.10. The number of carbonyl (C=O) groups is 2. The lowest BCUT2D eigenvalue weighted by Crippen LogP contribution is -2.05. The molecule has 0 aliphatic carbocycles. The van der Waals surface area contributed by atoms with Crippen molar-refractivity contribution in [2.24, 2.45) is 0 Å². The third-order valence-corrected chi connectivity index (χ3v) is 1.95. The van der Waals surface area contributed by atoms with Gasteiger partial charge >= 0.3 is 11.9 Å². The Labute approximate surface area is 98.5 Å². The lowest BCUT2D eigenvalue weighted by Gasteiger charge is -2.03. The quantitative estimate of drug-likeness (QED) is 0.436. The highest BCUT2D eigenvalue weighted by atomic mass is 16.5. The van der Waals surface area contributed by atoms with E-state index < -0.39 is 11.9 Å². The Morgan fingerprint density at radius 1 is 1.24 bits per heavy atom. The molecular formula is C12H11NO4. The minimum absolute atomic E-state index is 0.212. The molecule has 0 saturated heterocycles. The van der Waals surface area contributed by atoms with Crippen LogP contribution in [-0.2, 0) is 14.3 Å². The zero-order valence-corrected chi connectivity index (χ0v) is 9.44. The highest BCUT2D eigenvalue weighted by Crippen LogP contribution is 2.14. The highest BCUT2D eigenvalue weighted by molar-refractivity contribution is 5.95. The number of rotatable bonds is 1. The van der Waals surface area contributed by atoms with Gasteiger partial charge in [-0.05, 0) is 18.2 Å². The van der Waals surface area contributed by atoms with Gasteiger partial charge in [0, 0.05) is 17.2 Å². The van der Waals surface area contributed by atoms with Crippen molar-refractivity contribution in [3.8, 4) is 11.8 Å². The van der Waals surface area contributed by atoms with E-state index in [9.17, 15) is 9.59 Å². The molecule has 0 atom stereocenters. The summed E-state index contributed by atoms with van der Waals surface area (Å²) < 4.78 is 8.93. The van der Waals surface area contributed by atoms with Crippen LogP contribution in [0.3, 0.4) is 0 Å². The number of ether oxygens (including phenoxy) is 2. The third kappa shape index (κ3) is 3.24. The van der Waals surface area contributed by atoms with Crippen molar-refractivity contribution in [1.82, 2.24) is 0 Å². The molecule has 0 aliphatic rings. The van der Waals surface area contributed by atoms with E-state index in [2.05, 4.69) is 21.3 Å². The maximum atomic E-state index is 11.3. The largest absolute Gasteiger partial charge is 0.465 e. The molecule has 0 saturated carbocycles. The summed E-state index contributed by atoms with van der Waals surface area (Å²) in [5.74, 6) is 3.60. The van der Waals surface area contributed by atoms with Crippen LogP contribution in [0.25, 0.3) is 0 Å². The van der Waals surface area contributed by atoms with Gasteiger partial charge in [-0.2, -0.15) is 0 Å². The number of benzene rings is 1. The van der Waals surface area contributed by atoms with E-state index in [-0.39, 0.29) is 5.56 Å². The van der Waals surface area contributed by atoms with Crippen LogP contribution in [0.15, 0.2) is 18.2 Å². The van der Waals surface area contributed by atoms with Gasteiger partial charge < -0.3 is 15.2 Å². The molecule has 0 bridgehead atoms. The summed E-state index contributed by atoms with van der Waals surface area (Å²) in [6.45, 7) is 0. The van der Waals surface area contributed by atoms with Crippen LogP contribution in [0.5, 0.6) is 0 Å². The summed E-state index contributed by atoms with van der Waals surface area (Å²) in [5.41, 5.74) is 6.59. The first-order chi connectivity index (χ1) is 8.08. The maximum Gasteiger partial charge on any atom is 0.384 e. The smallest absolute Gasteiger partial charge is 0.384 e. The topological polar surface area (TPSA) is 78.6 Å². The van der Waals surface area contributed by atoms with E-state index in [1.807, 2.05) is 0 Å². The van der Waals surface area contributed by atoms with Gasteiger partial charge in [0.05, 0.1) is 19.8 Å². The minimum Gasteiger partial charge on any atom is -0.465 e. The Balaban J connectivity index is 3.07. The van der Waals surface area contributed by atoms with Crippen LogP contribution in [-0.4, -0.2) is 26.2 Å². The Bertz CT molecular complexity index is 511. The zero-order chi connectivity index (χ0) is 12.8. The predicted octanol–water partition coefficient (Wildman–Crippen LogP) is 0.580. The van der Waals surface area contributed by atoms with Gasteiger partial charge in [0.1, 0.15) is 0 Å². The second-order valence-corrected chi connectivity index (χ2v) is 3.04. The first kappa shape index (κ1) is 12.6. The number of anilines is 1. The molecule has 1 aromatic carbocycles. The minimum atomic E-state index is -0.651. The average molecular weight is 233 g/mol. The van der Waals surface area contributed by atoms with E-state index in [0.29, 0.717) is 11.3 Å². The van der Waals surface area contributed by atoms with Crippen molar-refractivity contribution in [2.45, 2.75) is 0 Å². The molecular weight excluding hydrogens is 222 g/mol. The van der Waals surface area contributed by atoms with E-state index in [1.165, 1.54) is 26.4 Å². The van der Waals surface area contributed by atoms with Gasteiger partial charge in [0.25, 0.3) is 0 Å². The van der Waals surface area contributed by atoms with E-state index >= 15 is 0 Å². The summed E-state index contributed by atoms with van der Waals surface area (Å²) in [6, 6.07) is 4.57. The van der Waals surface area contributed by atoms with Crippen LogP contribution < -0.4 is 5.73 Å². The normalized spacial score (nSPS) is 8.82. The Morgan fingerprint density at radius 2 is 1.94 bits per heavy atom. The second kappa shape index (κ2) is 5.56. The number of hydrogen-bond acceptors (Lipinski definition) is 5. The zero-order valence-electron chi connectivity index (χ0n) is 9.44. The summed E-state index contributed by atoms with van der Waals surface area (Å²) >= 11 is 0. The van der Waals surface area contributed by atoms with Crippen LogP contribution in [0.2, 0.25) is 0 Å². The van der Waals surface area contributed by atoms with Gasteiger partial charge in [-0.1, -0.05) is 5.92 Å². The monoisotopic (exact) mass is 233 g/mol. The Hall–Kier alpha value is -2.48. The van der Waals surface area contributed by atoms with Crippen molar-refractivity contribution in [3.05, 3.63) is 29.3 Å². The van der Waals surface area contributed by atoms with Crippen LogP contribution >= 0.6 is 0 Å². The predicted molar refractivity (Wildman–Crippen MR) is 61.1 cm³/mol. The van der Waals surface area contributed by atoms with Crippen molar-refractivity contribution in [1.29, 1.82) is 0 Å². The summed E-state index contributed by atoms with van der Waals surface area (Å²) in [5, 5.41) is 0. The van der Waals surface area contributed by atoms with Crippen LogP contribution in [0.4, 0.5) is 5.69 Å².